The highest BCUT2D eigenvalue weighted by Gasteiger charge is 2.17. The van der Waals surface area contributed by atoms with Crippen LogP contribution < -0.4 is 15.4 Å². The third-order valence-corrected chi connectivity index (χ3v) is 4.13. The number of aromatic nitrogens is 3. The number of anilines is 3. The zero-order valence-corrected chi connectivity index (χ0v) is 17.5. The predicted octanol–water partition coefficient (Wildman–Crippen LogP) is 5.11. The molecule has 0 fully saturated rings. The summed E-state index contributed by atoms with van der Waals surface area (Å²) in [7, 11) is 0. The third-order valence-electron chi connectivity index (χ3n) is 3.20. The summed E-state index contributed by atoms with van der Waals surface area (Å²) < 4.78 is 3.27. The molecule has 7 heteroatoms. The van der Waals surface area contributed by atoms with E-state index in [0.29, 0.717) is 17.8 Å². The highest BCUT2D eigenvalue weighted by molar-refractivity contribution is 8.00. The van der Waals surface area contributed by atoms with Gasteiger partial charge >= 0.3 is 0 Å². The maximum absolute atomic E-state index is 4.51. The maximum Gasteiger partial charge on any atom is 0.239 e. The van der Waals surface area contributed by atoms with Gasteiger partial charge in [-0.25, -0.2) is 0 Å². The molecule has 0 radical (unpaired) electrons. The molecule has 6 nitrogen and oxygen atoms in total. The van der Waals surface area contributed by atoms with E-state index >= 15 is 0 Å². The first-order chi connectivity index (χ1) is 12.0. The molecule has 1 aromatic heterocycles. The van der Waals surface area contributed by atoms with Crippen LogP contribution in [0.1, 0.15) is 59.3 Å². The van der Waals surface area contributed by atoms with E-state index in [1.165, 1.54) is 5.56 Å². The van der Waals surface area contributed by atoms with E-state index in [0.717, 1.165) is 0 Å². The number of rotatable bonds is 6. The average molecular weight is 375 g/mol. The number of nitrogens with zero attached hydrogens (tertiary/aromatic N) is 3. The van der Waals surface area contributed by atoms with Gasteiger partial charge in [0, 0.05) is 16.3 Å². The summed E-state index contributed by atoms with van der Waals surface area (Å²) in [6.07, 6.45) is 0. The lowest BCUT2D eigenvalue weighted by Gasteiger charge is -2.24. The topological polar surface area (TPSA) is 74.8 Å². The van der Waals surface area contributed by atoms with Crippen molar-refractivity contribution in [1.82, 2.24) is 15.0 Å². The second kappa shape index (κ2) is 8.12. The first-order valence-electron chi connectivity index (χ1n) is 8.81. The molecule has 1 aromatic carbocycles. The molecule has 0 aliphatic heterocycles. The van der Waals surface area contributed by atoms with Crippen molar-refractivity contribution in [2.75, 3.05) is 15.4 Å². The second-order valence-corrected chi connectivity index (χ2v) is 9.48. The molecule has 1 unspecified atom stereocenters. The molecule has 1 heterocycles. The van der Waals surface area contributed by atoms with Crippen LogP contribution in [0.25, 0.3) is 0 Å². The van der Waals surface area contributed by atoms with Crippen LogP contribution in [-0.2, 0) is 0 Å². The summed E-state index contributed by atoms with van der Waals surface area (Å²) in [6.45, 7) is 14.6. The van der Waals surface area contributed by atoms with E-state index in [9.17, 15) is 0 Å². The van der Waals surface area contributed by atoms with Crippen molar-refractivity contribution in [3.8, 4) is 0 Å². The molecule has 0 bridgehead atoms. The molecule has 142 valence electrons. The van der Waals surface area contributed by atoms with Crippen LogP contribution in [0.3, 0.4) is 0 Å². The lowest BCUT2D eigenvalue weighted by Crippen LogP contribution is -2.30. The zero-order valence-electron chi connectivity index (χ0n) is 16.7. The summed E-state index contributed by atoms with van der Waals surface area (Å²) in [6, 6.07) is 10.4. The normalized spacial score (nSPS) is 13.2. The molecule has 26 heavy (non-hydrogen) atoms. The Morgan fingerprint density at radius 1 is 0.769 bits per heavy atom. The highest BCUT2D eigenvalue weighted by atomic mass is 32.2. The minimum absolute atomic E-state index is 0.137. The van der Waals surface area contributed by atoms with E-state index in [2.05, 4.69) is 90.9 Å². The molecule has 0 saturated heterocycles. The van der Waals surface area contributed by atoms with Crippen molar-refractivity contribution in [3.63, 3.8) is 0 Å². The fourth-order valence-corrected chi connectivity index (χ4v) is 2.80. The van der Waals surface area contributed by atoms with Gasteiger partial charge in [-0.15, -0.1) is 0 Å². The summed E-state index contributed by atoms with van der Waals surface area (Å²) in [5.74, 6) is 1.63. The standard InChI is InChI=1S/C19H30N6S/c1-13(14-11-9-8-10-12-14)26-25-17-21-15(23-18(2,3)4)20-16(22-17)24-19(5,6)7/h8-13H,1-7H3,(H3,20,21,22,23,24,25). The van der Waals surface area contributed by atoms with Crippen LogP contribution in [0.4, 0.5) is 17.8 Å². The van der Waals surface area contributed by atoms with Gasteiger partial charge in [0.05, 0.1) is 0 Å². The van der Waals surface area contributed by atoms with Gasteiger partial charge in [0.15, 0.2) is 0 Å². The largest absolute Gasteiger partial charge is 0.349 e. The fraction of sp³-hybridized carbons (Fsp3) is 0.526. The fourth-order valence-electron chi connectivity index (χ4n) is 2.14. The SMILES string of the molecule is CC(SNc1nc(NC(C)(C)C)nc(NC(C)(C)C)n1)c1ccccc1. The van der Waals surface area contributed by atoms with Crippen molar-refractivity contribution in [2.45, 2.75) is 64.8 Å². The molecule has 0 aliphatic carbocycles. The Balaban J connectivity index is 2.17. The summed E-state index contributed by atoms with van der Waals surface area (Å²) in [4.78, 5) is 13.5. The van der Waals surface area contributed by atoms with Gasteiger partial charge < -0.3 is 10.6 Å². The first kappa shape index (κ1) is 20.3. The van der Waals surface area contributed by atoms with Crippen molar-refractivity contribution in [2.24, 2.45) is 0 Å². The Morgan fingerprint density at radius 3 is 1.69 bits per heavy atom. The number of hydrogen-bond donors (Lipinski definition) is 3. The van der Waals surface area contributed by atoms with Gasteiger partial charge in [-0.1, -0.05) is 30.3 Å². The van der Waals surface area contributed by atoms with Gasteiger partial charge in [0.25, 0.3) is 0 Å². The van der Waals surface area contributed by atoms with Crippen molar-refractivity contribution in [1.29, 1.82) is 0 Å². The van der Waals surface area contributed by atoms with Crippen LogP contribution in [0, 0.1) is 0 Å². The average Bonchev–Trinajstić information content (AvgIpc) is 2.50. The highest BCUT2D eigenvalue weighted by Crippen LogP contribution is 2.28. The van der Waals surface area contributed by atoms with Crippen molar-refractivity contribution >= 4 is 29.8 Å². The van der Waals surface area contributed by atoms with Gasteiger partial charge in [-0.2, -0.15) is 15.0 Å². The number of hydrogen-bond acceptors (Lipinski definition) is 7. The summed E-state index contributed by atoms with van der Waals surface area (Å²) in [5.41, 5.74) is 0.977. The van der Waals surface area contributed by atoms with Crippen molar-refractivity contribution in [3.05, 3.63) is 35.9 Å². The molecular weight excluding hydrogens is 344 g/mol. The Labute approximate surface area is 161 Å². The molecular formula is C19H30N6S. The lowest BCUT2D eigenvalue weighted by molar-refractivity contribution is 0.617. The third kappa shape index (κ3) is 7.07. The molecule has 0 amide bonds. The Hall–Kier alpha value is -2.02. The molecule has 1 atom stereocenters. The van der Waals surface area contributed by atoms with Crippen LogP contribution in [-0.4, -0.2) is 26.0 Å². The minimum atomic E-state index is -0.137. The van der Waals surface area contributed by atoms with Crippen molar-refractivity contribution < 1.29 is 0 Å². The molecule has 0 spiro atoms. The maximum atomic E-state index is 4.51. The van der Waals surface area contributed by atoms with Crippen LogP contribution >= 0.6 is 11.9 Å². The quantitative estimate of drug-likeness (QED) is 0.606. The number of benzene rings is 1. The van der Waals surface area contributed by atoms with E-state index in [1.54, 1.807) is 11.9 Å². The molecule has 0 saturated carbocycles. The Kier molecular flexibility index (Phi) is 6.34. The van der Waals surface area contributed by atoms with Crippen LogP contribution in [0.15, 0.2) is 30.3 Å². The first-order valence-corrected chi connectivity index (χ1v) is 9.69. The monoisotopic (exact) mass is 374 g/mol. The van der Waals surface area contributed by atoms with Gasteiger partial charge in [0.1, 0.15) is 0 Å². The molecule has 2 rings (SSSR count). The van der Waals surface area contributed by atoms with E-state index in [4.69, 9.17) is 0 Å². The molecule has 2 aromatic rings. The Bertz CT molecular complexity index is 672. The van der Waals surface area contributed by atoms with Crippen LogP contribution in [0.2, 0.25) is 0 Å². The predicted molar refractivity (Wildman–Crippen MR) is 113 cm³/mol. The Morgan fingerprint density at radius 2 is 1.23 bits per heavy atom. The van der Waals surface area contributed by atoms with Crippen LogP contribution in [0.5, 0.6) is 0 Å². The van der Waals surface area contributed by atoms with Gasteiger partial charge in [-0.05, 0) is 66.0 Å². The molecule has 0 aliphatic rings. The smallest absolute Gasteiger partial charge is 0.239 e. The lowest BCUT2D eigenvalue weighted by atomic mass is 10.1. The summed E-state index contributed by atoms with van der Waals surface area (Å²) >= 11 is 1.58. The second-order valence-electron chi connectivity index (χ2n) is 8.33. The zero-order chi connectivity index (χ0) is 19.4. The van der Waals surface area contributed by atoms with E-state index in [-0.39, 0.29) is 16.3 Å². The van der Waals surface area contributed by atoms with Gasteiger partial charge in [0.2, 0.25) is 17.8 Å². The minimum Gasteiger partial charge on any atom is -0.349 e. The van der Waals surface area contributed by atoms with E-state index in [1.807, 2.05) is 18.2 Å². The van der Waals surface area contributed by atoms with E-state index < -0.39 is 0 Å². The van der Waals surface area contributed by atoms with Gasteiger partial charge in [-0.3, -0.25) is 4.72 Å². The summed E-state index contributed by atoms with van der Waals surface area (Å²) in [5, 5.41) is 6.90. The number of nitrogens with one attached hydrogen (secondary N) is 3. The molecule has 3 N–H and O–H groups in total.